The van der Waals surface area contributed by atoms with E-state index < -0.39 is 0 Å². The van der Waals surface area contributed by atoms with Gasteiger partial charge in [-0.2, -0.15) is 0 Å². The van der Waals surface area contributed by atoms with E-state index in [1.54, 1.807) is 0 Å². The van der Waals surface area contributed by atoms with E-state index >= 15 is 0 Å². The van der Waals surface area contributed by atoms with Gasteiger partial charge in [-0.3, -0.25) is 0 Å². The molecule has 1 heterocycles. The van der Waals surface area contributed by atoms with Crippen LogP contribution in [0.25, 0.3) is 0 Å². The summed E-state index contributed by atoms with van der Waals surface area (Å²) in [5, 5.41) is 0. The number of benzene rings is 1. The highest BCUT2D eigenvalue weighted by Gasteiger charge is 2.17. The van der Waals surface area contributed by atoms with Crippen LogP contribution in [0.3, 0.4) is 0 Å². The van der Waals surface area contributed by atoms with Crippen LogP contribution in [0, 0.1) is 6.92 Å². The number of aryl methyl sites for hydroxylation is 3. The molecule has 1 heteroatoms. The Hall–Kier alpha value is -1.24. The molecule has 0 amide bonds. The zero-order valence-electron chi connectivity index (χ0n) is 9.71. The molecule has 0 fully saturated rings. The van der Waals surface area contributed by atoms with E-state index in [-0.39, 0.29) is 0 Å². The van der Waals surface area contributed by atoms with Gasteiger partial charge in [-0.15, -0.1) is 0 Å². The number of nitrogens with zero attached hydrogens (tertiary/aromatic N) is 1. The maximum absolute atomic E-state index is 3.91. The lowest BCUT2D eigenvalue weighted by Crippen LogP contribution is -2.25. The second-order valence-corrected chi connectivity index (χ2v) is 4.26. The number of hydrogen-bond donors (Lipinski definition) is 0. The molecule has 80 valence electrons. The van der Waals surface area contributed by atoms with Crippen molar-refractivity contribution < 1.29 is 0 Å². The third-order valence-corrected chi connectivity index (χ3v) is 3.15. The molecular weight excluding hydrogens is 182 g/mol. The first kappa shape index (κ1) is 10.3. The largest absolute Gasteiger partial charge is 0.348 e. The predicted molar refractivity (Wildman–Crippen MR) is 66.4 cm³/mol. The summed E-state index contributed by atoms with van der Waals surface area (Å²) in [6, 6.07) is 4.63. The summed E-state index contributed by atoms with van der Waals surface area (Å²) in [5.41, 5.74) is 5.77. The average Bonchev–Trinajstić information content (AvgIpc) is 2.26. The molecule has 0 saturated heterocycles. The van der Waals surface area contributed by atoms with E-state index in [1.807, 2.05) is 6.20 Å². The van der Waals surface area contributed by atoms with Gasteiger partial charge in [0, 0.05) is 12.2 Å². The van der Waals surface area contributed by atoms with Gasteiger partial charge < -0.3 is 4.90 Å². The topological polar surface area (TPSA) is 3.24 Å². The Morgan fingerprint density at radius 3 is 2.93 bits per heavy atom. The number of fused-ring (bicyclic) bond motifs is 1. The Morgan fingerprint density at radius 1 is 1.47 bits per heavy atom. The van der Waals surface area contributed by atoms with Crippen molar-refractivity contribution in [3.05, 3.63) is 41.6 Å². The molecule has 0 atom stereocenters. The molecule has 2 rings (SSSR count). The van der Waals surface area contributed by atoms with Crippen LogP contribution in [0.15, 0.2) is 24.9 Å². The van der Waals surface area contributed by atoms with Gasteiger partial charge >= 0.3 is 0 Å². The van der Waals surface area contributed by atoms with E-state index in [0.29, 0.717) is 0 Å². The van der Waals surface area contributed by atoms with Crippen LogP contribution in [0.4, 0.5) is 5.69 Å². The highest BCUT2D eigenvalue weighted by Crippen LogP contribution is 2.32. The summed E-state index contributed by atoms with van der Waals surface area (Å²) >= 11 is 0. The first-order valence-electron chi connectivity index (χ1n) is 5.78. The van der Waals surface area contributed by atoms with Gasteiger partial charge in [0.05, 0.1) is 0 Å². The van der Waals surface area contributed by atoms with Crippen LogP contribution in [0.2, 0.25) is 0 Å². The fourth-order valence-electron chi connectivity index (χ4n) is 2.50. The van der Waals surface area contributed by atoms with Crippen LogP contribution < -0.4 is 4.90 Å². The highest BCUT2D eigenvalue weighted by atomic mass is 15.1. The summed E-state index contributed by atoms with van der Waals surface area (Å²) in [7, 11) is 0. The lowest BCUT2D eigenvalue weighted by molar-refractivity contribution is 0.756. The minimum Gasteiger partial charge on any atom is -0.348 e. The zero-order chi connectivity index (χ0) is 10.8. The van der Waals surface area contributed by atoms with Crippen molar-refractivity contribution in [2.24, 2.45) is 0 Å². The van der Waals surface area contributed by atoms with E-state index in [0.717, 1.165) is 13.0 Å². The fourth-order valence-corrected chi connectivity index (χ4v) is 2.50. The van der Waals surface area contributed by atoms with Gasteiger partial charge in [0.2, 0.25) is 0 Å². The van der Waals surface area contributed by atoms with Gasteiger partial charge in [0.25, 0.3) is 0 Å². The first-order chi connectivity index (χ1) is 7.26. The SMILES string of the molecule is C=CN1CCCc2cc(C)cc(CC)c21. The van der Waals surface area contributed by atoms with Crippen LogP contribution in [-0.4, -0.2) is 6.54 Å². The molecule has 1 aliphatic heterocycles. The third-order valence-electron chi connectivity index (χ3n) is 3.15. The number of rotatable bonds is 2. The molecule has 1 aliphatic rings. The van der Waals surface area contributed by atoms with Crippen molar-refractivity contribution >= 4 is 5.69 Å². The Kier molecular flexibility index (Phi) is 2.81. The minimum atomic E-state index is 1.11. The van der Waals surface area contributed by atoms with Gasteiger partial charge in [0.1, 0.15) is 0 Å². The molecule has 0 aromatic heterocycles. The van der Waals surface area contributed by atoms with Gasteiger partial charge in [-0.25, -0.2) is 0 Å². The van der Waals surface area contributed by atoms with Gasteiger partial charge in [-0.1, -0.05) is 31.2 Å². The average molecular weight is 201 g/mol. The Balaban J connectivity index is 2.57. The Morgan fingerprint density at radius 2 is 2.27 bits per heavy atom. The van der Waals surface area contributed by atoms with Crippen LogP contribution >= 0.6 is 0 Å². The summed E-state index contributed by atoms with van der Waals surface area (Å²) in [4.78, 5) is 2.30. The smallest absolute Gasteiger partial charge is 0.0471 e. The lowest BCUT2D eigenvalue weighted by Gasteiger charge is -2.30. The van der Waals surface area contributed by atoms with Crippen molar-refractivity contribution in [3.8, 4) is 0 Å². The van der Waals surface area contributed by atoms with E-state index in [4.69, 9.17) is 0 Å². The summed E-state index contributed by atoms with van der Waals surface area (Å²) in [6.07, 6.45) is 5.53. The predicted octanol–water partition coefficient (Wildman–Crippen LogP) is 3.45. The molecule has 0 bridgehead atoms. The lowest BCUT2D eigenvalue weighted by atomic mass is 9.94. The maximum Gasteiger partial charge on any atom is 0.0471 e. The normalized spacial score (nSPS) is 14.9. The molecule has 15 heavy (non-hydrogen) atoms. The van der Waals surface area contributed by atoms with E-state index in [1.165, 1.54) is 35.2 Å². The molecule has 0 saturated carbocycles. The van der Waals surface area contributed by atoms with E-state index in [2.05, 4.69) is 37.5 Å². The Labute approximate surface area is 92.4 Å². The quantitative estimate of drug-likeness (QED) is 0.708. The molecule has 0 unspecified atom stereocenters. The molecule has 1 nitrogen and oxygen atoms in total. The molecule has 1 aromatic rings. The molecule has 0 radical (unpaired) electrons. The summed E-state index contributed by atoms with van der Waals surface area (Å²) in [5.74, 6) is 0. The second kappa shape index (κ2) is 4.09. The van der Waals surface area contributed by atoms with Crippen LogP contribution in [0.5, 0.6) is 0 Å². The van der Waals surface area contributed by atoms with Crippen LogP contribution in [-0.2, 0) is 12.8 Å². The molecule has 0 N–H and O–H groups in total. The second-order valence-electron chi connectivity index (χ2n) is 4.26. The highest BCUT2D eigenvalue weighted by molar-refractivity contribution is 5.64. The summed E-state index contributed by atoms with van der Waals surface area (Å²) in [6.45, 7) is 9.44. The molecule has 0 aliphatic carbocycles. The van der Waals surface area contributed by atoms with Crippen molar-refractivity contribution in [3.63, 3.8) is 0 Å². The van der Waals surface area contributed by atoms with Crippen molar-refractivity contribution in [2.75, 3.05) is 11.4 Å². The monoisotopic (exact) mass is 201 g/mol. The fraction of sp³-hybridized carbons (Fsp3) is 0.429. The number of anilines is 1. The molecular formula is C14H19N. The zero-order valence-corrected chi connectivity index (χ0v) is 9.71. The summed E-state index contributed by atoms with van der Waals surface area (Å²) < 4.78 is 0. The standard InChI is InChI=1S/C14H19N/c1-4-12-9-11(3)10-13-7-6-8-15(5-2)14(12)13/h5,9-10H,2,4,6-8H2,1,3H3. The third kappa shape index (κ3) is 1.79. The Bertz CT molecular complexity index is 362. The molecule has 0 spiro atoms. The first-order valence-corrected chi connectivity index (χ1v) is 5.78. The van der Waals surface area contributed by atoms with Crippen LogP contribution in [0.1, 0.15) is 30.0 Å². The van der Waals surface area contributed by atoms with Gasteiger partial charge in [-0.05, 0) is 43.5 Å². The van der Waals surface area contributed by atoms with E-state index in [9.17, 15) is 0 Å². The maximum atomic E-state index is 3.91. The molecule has 1 aromatic carbocycles. The van der Waals surface area contributed by atoms with Crippen molar-refractivity contribution in [2.45, 2.75) is 33.1 Å². The van der Waals surface area contributed by atoms with Crippen molar-refractivity contribution in [1.82, 2.24) is 0 Å². The minimum absolute atomic E-state index is 1.11. The van der Waals surface area contributed by atoms with Gasteiger partial charge in [0.15, 0.2) is 0 Å². The van der Waals surface area contributed by atoms with Crippen molar-refractivity contribution in [1.29, 1.82) is 0 Å². The number of hydrogen-bond acceptors (Lipinski definition) is 1.